The second kappa shape index (κ2) is 5.37. The number of primary amides is 1. The Bertz CT molecular complexity index is 916. The lowest BCUT2D eigenvalue weighted by Gasteiger charge is -2.06. The molecule has 1 amide bonds. The summed E-state index contributed by atoms with van der Waals surface area (Å²) in [6.45, 7) is 0.413. The van der Waals surface area contributed by atoms with Gasteiger partial charge in [0.1, 0.15) is 11.5 Å². The standard InChI is InChI=1S/C14H12N6O3/c15-11-10-5-6-19(14(10)18-13(17-11)12(16)21)7-8-1-3-9(4-2-8)20(22)23/h1-6H,7H2,(H2,16,21)(H2,15,17,18). The molecule has 2 heterocycles. The van der Waals surface area contributed by atoms with Crippen LogP contribution >= 0.6 is 0 Å². The number of nitrogen functional groups attached to an aromatic ring is 1. The van der Waals surface area contributed by atoms with E-state index in [0.717, 1.165) is 5.56 Å². The number of hydrogen-bond acceptors (Lipinski definition) is 6. The normalized spacial score (nSPS) is 10.8. The Morgan fingerprint density at radius 1 is 1.22 bits per heavy atom. The molecular weight excluding hydrogens is 300 g/mol. The van der Waals surface area contributed by atoms with Crippen molar-refractivity contribution in [3.8, 4) is 0 Å². The third kappa shape index (κ3) is 2.67. The minimum Gasteiger partial charge on any atom is -0.383 e. The molecule has 0 aliphatic heterocycles. The molecule has 0 bridgehead atoms. The maximum absolute atomic E-state index is 11.3. The van der Waals surface area contributed by atoms with Gasteiger partial charge in [-0.2, -0.15) is 0 Å². The van der Waals surface area contributed by atoms with Gasteiger partial charge in [-0.3, -0.25) is 14.9 Å². The van der Waals surface area contributed by atoms with Gasteiger partial charge >= 0.3 is 0 Å². The van der Waals surface area contributed by atoms with E-state index in [2.05, 4.69) is 9.97 Å². The Hall–Kier alpha value is -3.49. The number of carbonyl (C=O) groups excluding carboxylic acids is 1. The number of aromatic nitrogens is 3. The second-order valence-electron chi connectivity index (χ2n) is 4.90. The number of rotatable bonds is 4. The molecule has 0 fully saturated rings. The Morgan fingerprint density at radius 3 is 2.52 bits per heavy atom. The first kappa shape index (κ1) is 14.4. The monoisotopic (exact) mass is 312 g/mol. The van der Waals surface area contributed by atoms with Gasteiger partial charge in [-0.25, -0.2) is 9.97 Å². The smallest absolute Gasteiger partial charge is 0.286 e. The fourth-order valence-corrected chi connectivity index (χ4v) is 2.25. The Labute approximate surface area is 129 Å². The summed E-state index contributed by atoms with van der Waals surface area (Å²) in [5.74, 6) is -0.744. The van der Waals surface area contributed by atoms with Crippen molar-refractivity contribution in [2.75, 3.05) is 5.73 Å². The number of non-ortho nitro benzene ring substituents is 1. The number of anilines is 1. The number of nitro groups is 1. The molecule has 3 aromatic rings. The van der Waals surface area contributed by atoms with Gasteiger partial charge in [0, 0.05) is 24.9 Å². The van der Waals surface area contributed by atoms with Gasteiger partial charge in [-0.1, -0.05) is 12.1 Å². The van der Waals surface area contributed by atoms with Crippen LogP contribution in [0.4, 0.5) is 11.5 Å². The number of fused-ring (bicyclic) bond motifs is 1. The Kier molecular flexibility index (Phi) is 3.37. The molecule has 3 rings (SSSR count). The summed E-state index contributed by atoms with van der Waals surface area (Å²) in [4.78, 5) is 29.5. The van der Waals surface area contributed by atoms with Gasteiger partial charge < -0.3 is 16.0 Å². The molecule has 0 aliphatic rings. The number of nitrogens with zero attached hydrogens (tertiary/aromatic N) is 4. The first-order valence-electron chi connectivity index (χ1n) is 6.61. The first-order chi connectivity index (χ1) is 11.0. The van der Waals surface area contributed by atoms with Crippen LogP contribution in [0.15, 0.2) is 36.5 Å². The van der Waals surface area contributed by atoms with E-state index in [1.807, 2.05) is 0 Å². The topological polar surface area (TPSA) is 143 Å². The lowest BCUT2D eigenvalue weighted by molar-refractivity contribution is -0.384. The SMILES string of the molecule is NC(=O)c1nc(N)c2ccn(Cc3ccc([N+](=O)[O-])cc3)c2n1. The summed E-state index contributed by atoms with van der Waals surface area (Å²) >= 11 is 0. The molecule has 0 atom stereocenters. The number of nitrogens with two attached hydrogens (primary N) is 2. The lowest BCUT2D eigenvalue weighted by Crippen LogP contribution is -2.17. The van der Waals surface area contributed by atoms with Crippen LogP contribution in [-0.4, -0.2) is 25.4 Å². The zero-order valence-electron chi connectivity index (χ0n) is 11.8. The summed E-state index contributed by atoms with van der Waals surface area (Å²) in [7, 11) is 0. The summed E-state index contributed by atoms with van der Waals surface area (Å²) in [6, 6.07) is 7.91. The van der Waals surface area contributed by atoms with Crippen molar-refractivity contribution in [1.29, 1.82) is 0 Å². The van der Waals surface area contributed by atoms with E-state index in [0.29, 0.717) is 17.6 Å². The van der Waals surface area contributed by atoms with Crippen molar-refractivity contribution in [1.82, 2.24) is 14.5 Å². The van der Waals surface area contributed by atoms with Crippen LogP contribution in [0, 0.1) is 10.1 Å². The van der Waals surface area contributed by atoms with Crippen LogP contribution in [0.5, 0.6) is 0 Å². The van der Waals surface area contributed by atoms with Gasteiger partial charge in [0.15, 0.2) is 0 Å². The number of nitro benzene ring substituents is 1. The highest BCUT2D eigenvalue weighted by atomic mass is 16.6. The van der Waals surface area contributed by atoms with Crippen molar-refractivity contribution in [3.05, 3.63) is 58.0 Å². The van der Waals surface area contributed by atoms with E-state index in [4.69, 9.17) is 11.5 Å². The summed E-state index contributed by atoms with van der Waals surface area (Å²) in [5, 5.41) is 11.3. The highest BCUT2D eigenvalue weighted by Gasteiger charge is 2.13. The van der Waals surface area contributed by atoms with E-state index in [1.165, 1.54) is 12.1 Å². The number of carbonyl (C=O) groups is 1. The summed E-state index contributed by atoms with van der Waals surface area (Å²) < 4.78 is 1.76. The summed E-state index contributed by atoms with van der Waals surface area (Å²) in [5.41, 5.74) is 12.3. The third-order valence-electron chi connectivity index (χ3n) is 3.37. The minimum absolute atomic E-state index is 0.0219. The number of hydrogen-bond donors (Lipinski definition) is 2. The molecule has 0 aliphatic carbocycles. The lowest BCUT2D eigenvalue weighted by atomic mass is 10.2. The average molecular weight is 312 g/mol. The van der Waals surface area contributed by atoms with Gasteiger partial charge in [0.25, 0.3) is 11.6 Å². The highest BCUT2D eigenvalue weighted by molar-refractivity contribution is 5.94. The number of benzene rings is 1. The Morgan fingerprint density at radius 2 is 1.91 bits per heavy atom. The minimum atomic E-state index is -0.762. The summed E-state index contributed by atoms with van der Waals surface area (Å²) in [6.07, 6.45) is 1.75. The molecule has 2 aromatic heterocycles. The molecule has 0 spiro atoms. The van der Waals surface area contributed by atoms with Crippen molar-refractivity contribution in [3.63, 3.8) is 0 Å². The van der Waals surface area contributed by atoms with Gasteiger partial charge in [0.2, 0.25) is 5.82 Å². The first-order valence-corrected chi connectivity index (χ1v) is 6.61. The highest BCUT2D eigenvalue weighted by Crippen LogP contribution is 2.21. The van der Waals surface area contributed by atoms with Gasteiger partial charge in [0.05, 0.1) is 10.3 Å². The van der Waals surface area contributed by atoms with Crippen molar-refractivity contribution in [2.24, 2.45) is 5.73 Å². The molecule has 116 valence electrons. The van der Waals surface area contributed by atoms with Crippen LogP contribution in [0.25, 0.3) is 11.0 Å². The van der Waals surface area contributed by atoms with E-state index >= 15 is 0 Å². The fourth-order valence-electron chi connectivity index (χ4n) is 2.25. The van der Waals surface area contributed by atoms with Gasteiger partial charge in [-0.15, -0.1) is 0 Å². The van der Waals surface area contributed by atoms with E-state index in [-0.39, 0.29) is 17.3 Å². The predicted octanol–water partition coefficient (Wildman–Crippen LogP) is 1.07. The molecule has 0 saturated heterocycles. The zero-order chi connectivity index (χ0) is 16.6. The molecule has 9 heteroatoms. The third-order valence-corrected chi connectivity index (χ3v) is 3.37. The maximum Gasteiger partial charge on any atom is 0.286 e. The van der Waals surface area contributed by atoms with Crippen LogP contribution in [0.2, 0.25) is 0 Å². The van der Waals surface area contributed by atoms with Crippen LogP contribution in [0.3, 0.4) is 0 Å². The zero-order valence-corrected chi connectivity index (χ0v) is 11.8. The molecule has 1 aromatic carbocycles. The van der Waals surface area contributed by atoms with E-state index in [9.17, 15) is 14.9 Å². The van der Waals surface area contributed by atoms with Crippen LogP contribution in [-0.2, 0) is 6.54 Å². The van der Waals surface area contributed by atoms with Crippen LogP contribution < -0.4 is 11.5 Å². The molecule has 0 radical (unpaired) electrons. The predicted molar refractivity (Wildman–Crippen MR) is 82.7 cm³/mol. The molecule has 4 N–H and O–H groups in total. The largest absolute Gasteiger partial charge is 0.383 e. The second-order valence-corrected chi connectivity index (χ2v) is 4.90. The quantitative estimate of drug-likeness (QED) is 0.544. The average Bonchev–Trinajstić information content (AvgIpc) is 2.91. The van der Waals surface area contributed by atoms with Crippen molar-refractivity contribution in [2.45, 2.75) is 6.54 Å². The maximum atomic E-state index is 11.3. The molecular formula is C14H12N6O3. The van der Waals surface area contributed by atoms with Crippen molar-refractivity contribution >= 4 is 28.4 Å². The van der Waals surface area contributed by atoms with E-state index in [1.54, 1.807) is 29.0 Å². The van der Waals surface area contributed by atoms with Crippen molar-refractivity contribution < 1.29 is 9.72 Å². The fraction of sp³-hybridized carbons (Fsp3) is 0.0714. The molecule has 0 saturated carbocycles. The Balaban J connectivity index is 1.99. The van der Waals surface area contributed by atoms with E-state index < -0.39 is 10.8 Å². The molecule has 23 heavy (non-hydrogen) atoms. The molecule has 0 unspecified atom stereocenters. The number of amides is 1. The van der Waals surface area contributed by atoms with Crippen LogP contribution in [0.1, 0.15) is 16.2 Å². The van der Waals surface area contributed by atoms with Gasteiger partial charge in [-0.05, 0) is 11.6 Å². The molecule has 9 nitrogen and oxygen atoms in total.